The highest BCUT2D eigenvalue weighted by molar-refractivity contribution is 5.95. The molecule has 3 heterocycles. The topological polar surface area (TPSA) is 83.3 Å². The van der Waals surface area contributed by atoms with Crippen LogP contribution in [0.1, 0.15) is 28.3 Å². The first kappa shape index (κ1) is 16.8. The Hall–Kier alpha value is -3.35. The van der Waals surface area contributed by atoms with E-state index in [1.54, 1.807) is 14.2 Å². The number of nitrogens with zero attached hydrogens (tertiary/aromatic N) is 1. The predicted octanol–water partition coefficient (Wildman–Crippen LogP) is 2.33. The van der Waals surface area contributed by atoms with Crippen molar-refractivity contribution in [2.24, 2.45) is 5.73 Å². The monoisotopic (exact) mass is 380 g/mol. The lowest BCUT2D eigenvalue weighted by Gasteiger charge is -2.42. The van der Waals surface area contributed by atoms with Gasteiger partial charge in [-0.3, -0.25) is 4.79 Å². The van der Waals surface area contributed by atoms with Crippen LogP contribution < -0.4 is 24.7 Å². The maximum Gasteiger partial charge on any atom is 0.244 e. The molecule has 1 unspecified atom stereocenters. The summed E-state index contributed by atoms with van der Waals surface area (Å²) in [6.45, 7) is 0.886. The molecule has 2 aromatic carbocycles. The highest BCUT2D eigenvalue weighted by Crippen LogP contribution is 2.49. The van der Waals surface area contributed by atoms with Crippen LogP contribution in [0.3, 0.4) is 0 Å². The van der Waals surface area contributed by atoms with E-state index in [2.05, 4.69) is 6.08 Å². The Morgan fingerprint density at radius 1 is 1.18 bits per heavy atom. The van der Waals surface area contributed by atoms with E-state index in [0.717, 1.165) is 40.3 Å². The number of amides is 1. The van der Waals surface area contributed by atoms with Gasteiger partial charge in [0.1, 0.15) is 6.04 Å². The molecule has 0 fully saturated rings. The molecule has 3 aliphatic heterocycles. The van der Waals surface area contributed by atoms with Crippen LogP contribution in [0.25, 0.3) is 11.8 Å². The molecule has 3 aliphatic rings. The zero-order valence-electron chi connectivity index (χ0n) is 15.7. The van der Waals surface area contributed by atoms with Crippen molar-refractivity contribution >= 4 is 17.7 Å². The summed E-state index contributed by atoms with van der Waals surface area (Å²) in [6.07, 6.45) is 2.84. The number of rotatable bonds is 3. The van der Waals surface area contributed by atoms with Crippen molar-refractivity contribution in [1.29, 1.82) is 0 Å². The first-order valence-corrected chi connectivity index (χ1v) is 9.07. The molecule has 2 N–H and O–H groups in total. The standard InChI is InChI=1S/C21H20N2O5/c1-25-15-4-3-12-7-14-13-9-17-16(27-10-28-17)8-11(13)5-6-23(14)19(21(22)24)18(12)20(15)26-2/h3-4,7-9,19H,5-6,10H2,1-2H3,(H2,22,24). The average Bonchev–Trinajstić information content (AvgIpc) is 3.16. The van der Waals surface area contributed by atoms with E-state index in [9.17, 15) is 4.79 Å². The van der Waals surface area contributed by atoms with Crippen LogP contribution in [0.5, 0.6) is 23.0 Å². The van der Waals surface area contributed by atoms with Crippen LogP contribution in [0.15, 0.2) is 24.3 Å². The summed E-state index contributed by atoms with van der Waals surface area (Å²) in [7, 11) is 3.15. The largest absolute Gasteiger partial charge is 0.493 e. The number of primary amides is 1. The van der Waals surface area contributed by atoms with Crippen LogP contribution in [0.4, 0.5) is 0 Å². The van der Waals surface area contributed by atoms with Crippen molar-refractivity contribution in [3.05, 3.63) is 46.5 Å². The Labute approximate surface area is 162 Å². The number of nitrogens with two attached hydrogens (primary N) is 1. The van der Waals surface area contributed by atoms with Gasteiger partial charge in [0, 0.05) is 23.4 Å². The second-order valence-electron chi connectivity index (χ2n) is 6.94. The summed E-state index contributed by atoms with van der Waals surface area (Å²) in [5, 5.41) is 0. The lowest BCUT2D eigenvalue weighted by atomic mass is 9.85. The number of benzene rings is 2. The Kier molecular flexibility index (Phi) is 3.65. The molecule has 0 saturated heterocycles. The zero-order chi connectivity index (χ0) is 19.4. The van der Waals surface area contributed by atoms with E-state index in [0.29, 0.717) is 18.0 Å². The Morgan fingerprint density at radius 2 is 1.96 bits per heavy atom. The van der Waals surface area contributed by atoms with Gasteiger partial charge in [-0.25, -0.2) is 0 Å². The fourth-order valence-electron chi connectivity index (χ4n) is 4.35. The van der Waals surface area contributed by atoms with Crippen molar-refractivity contribution in [1.82, 2.24) is 4.90 Å². The van der Waals surface area contributed by atoms with Gasteiger partial charge in [0.05, 0.1) is 14.2 Å². The molecule has 0 spiro atoms. The molecule has 2 aromatic rings. The van der Waals surface area contributed by atoms with Gasteiger partial charge in [-0.15, -0.1) is 0 Å². The minimum Gasteiger partial charge on any atom is -0.493 e. The van der Waals surface area contributed by atoms with Crippen LogP contribution in [0, 0.1) is 0 Å². The molecule has 0 radical (unpaired) electrons. The molecule has 0 bridgehead atoms. The molecule has 28 heavy (non-hydrogen) atoms. The Balaban J connectivity index is 1.74. The van der Waals surface area contributed by atoms with Gasteiger partial charge in [-0.2, -0.15) is 0 Å². The molecular weight excluding hydrogens is 360 g/mol. The quantitative estimate of drug-likeness (QED) is 0.880. The number of fused-ring (bicyclic) bond motifs is 5. The molecule has 7 heteroatoms. The molecule has 0 aromatic heterocycles. The van der Waals surface area contributed by atoms with E-state index in [1.807, 2.05) is 29.2 Å². The predicted molar refractivity (Wildman–Crippen MR) is 102 cm³/mol. The highest BCUT2D eigenvalue weighted by atomic mass is 16.7. The maximum atomic E-state index is 12.6. The van der Waals surface area contributed by atoms with E-state index in [1.165, 1.54) is 5.56 Å². The first-order valence-electron chi connectivity index (χ1n) is 9.07. The van der Waals surface area contributed by atoms with Gasteiger partial charge in [-0.05, 0) is 41.8 Å². The summed E-state index contributed by atoms with van der Waals surface area (Å²) >= 11 is 0. The third-order valence-electron chi connectivity index (χ3n) is 5.57. The van der Waals surface area contributed by atoms with E-state index < -0.39 is 11.9 Å². The summed E-state index contributed by atoms with van der Waals surface area (Å²) in [6, 6.07) is 7.14. The molecular formula is C21H20N2O5. The van der Waals surface area contributed by atoms with Crippen molar-refractivity contribution in [3.8, 4) is 23.0 Å². The number of carbonyl (C=O) groups excluding carboxylic acids is 1. The van der Waals surface area contributed by atoms with E-state index in [-0.39, 0.29) is 6.79 Å². The number of hydrogen-bond acceptors (Lipinski definition) is 6. The van der Waals surface area contributed by atoms with Crippen molar-refractivity contribution < 1.29 is 23.7 Å². The van der Waals surface area contributed by atoms with Gasteiger partial charge in [0.15, 0.2) is 23.0 Å². The highest BCUT2D eigenvalue weighted by Gasteiger charge is 2.39. The van der Waals surface area contributed by atoms with Gasteiger partial charge in [0.25, 0.3) is 0 Å². The lowest BCUT2D eigenvalue weighted by Crippen LogP contribution is -2.42. The van der Waals surface area contributed by atoms with Gasteiger partial charge >= 0.3 is 0 Å². The van der Waals surface area contributed by atoms with Gasteiger partial charge in [-0.1, -0.05) is 6.07 Å². The Morgan fingerprint density at radius 3 is 2.68 bits per heavy atom. The minimum atomic E-state index is -0.640. The number of hydrogen-bond donors (Lipinski definition) is 1. The maximum absolute atomic E-state index is 12.6. The van der Waals surface area contributed by atoms with Gasteiger partial charge < -0.3 is 29.6 Å². The SMILES string of the molecule is COc1ccc2c(c1OC)C(C(N)=O)N1CCc3cc4c(cc3C1=C2)OCO4. The van der Waals surface area contributed by atoms with Crippen LogP contribution in [0.2, 0.25) is 0 Å². The summed E-state index contributed by atoms with van der Waals surface area (Å²) in [4.78, 5) is 14.6. The number of ether oxygens (including phenoxy) is 4. The van der Waals surface area contributed by atoms with Crippen LogP contribution >= 0.6 is 0 Å². The third-order valence-corrected chi connectivity index (χ3v) is 5.57. The first-order chi connectivity index (χ1) is 13.6. The van der Waals surface area contributed by atoms with Crippen molar-refractivity contribution in [2.75, 3.05) is 27.6 Å². The normalized spacial score (nSPS) is 18.6. The third kappa shape index (κ3) is 2.25. The fourth-order valence-corrected chi connectivity index (χ4v) is 4.35. The van der Waals surface area contributed by atoms with Gasteiger partial charge in [0.2, 0.25) is 12.7 Å². The van der Waals surface area contributed by atoms with Crippen LogP contribution in [-0.2, 0) is 11.2 Å². The Bertz CT molecular complexity index is 1030. The minimum absolute atomic E-state index is 0.227. The van der Waals surface area contributed by atoms with Crippen molar-refractivity contribution in [2.45, 2.75) is 12.5 Å². The summed E-state index contributed by atoms with van der Waals surface area (Å²) in [5.41, 5.74) is 10.6. The summed E-state index contributed by atoms with van der Waals surface area (Å²) < 4.78 is 22.1. The molecule has 1 atom stereocenters. The zero-order valence-corrected chi connectivity index (χ0v) is 15.7. The van der Waals surface area contributed by atoms with Crippen LogP contribution in [-0.4, -0.2) is 38.4 Å². The number of carbonyl (C=O) groups is 1. The van der Waals surface area contributed by atoms with Crippen molar-refractivity contribution in [3.63, 3.8) is 0 Å². The second-order valence-corrected chi connectivity index (χ2v) is 6.94. The van der Waals surface area contributed by atoms with E-state index >= 15 is 0 Å². The lowest BCUT2D eigenvalue weighted by molar-refractivity contribution is -0.122. The number of methoxy groups -OCH3 is 2. The average molecular weight is 380 g/mol. The van der Waals surface area contributed by atoms with E-state index in [4.69, 9.17) is 24.7 Å². The molecule has 0 aliphatic carbocycles. The second kappa shape index (κ2) is 6.09. The summed E-state index contributed by atoms with van der Waals surface area (Å²) in [5.74, 6) is 2.17. The molecule has 144 valence electrons. The molecule has 0 saturated carbocycles. The fraction of sp³-hybridized carbons (Fsp3) is 0.286. The molecule has 5 rings (SSSR count). The molecule has 7 nitrogen and oxygen atoms in total. The smallest absolute Gasteiger partial charge is 0.244 e. The molecule has 1 amide bonds.